The van der Waals surface area contributed by atoms with Gasteiger partial charge in [-0.05, 0) is 95.3 Å². The molecule has 2 N–H and O–H groups in total. The normalized spacial score (nSPS) is 29.9. The predicted molar refractivity (Wildman–Crippen MR) is 218 cm³/mol. The number of aryl methyl sites for hydroxylation is 2. The molecule has 0 bridgehead atoms. The molecule has 64 heavy (non-hydrogen) atoms. The summed E-state index contributed by atoms with van der Waals surface area (Å²) in [4.78, 5) is 35.1. The van der Waals surface area contributed by atoms with Gasteiger partial charge in [0.15, 0.2) is 10.1 Å². The number of nitrogens with zero attached hydrogens (tertiary/aromatic N) is 6. The van der Waals surface area contributed by atoms with Crippen molar-refractivity contribution in [2.24, 2.45) is 60.4 Å². The van der Waals surface area contributed by atoms with Crippen LogP contribution in [-0.2, 0) is 40.3 Å². The zero-order valence-corrected chi connectivity index (χ0v) is 36.6. The zero-order valence-electron chi connectivity index (χ0n) is 34.9. The van der Waals surface area contributed by atoms with Crippen LogP contribution in [0.3, 0.4) is 0 Å². The van der Waals surface area contributed by atoms with E-state index >= 15 is 8.78 Å². The number of alkyl halides is 3. The molecule has 2 amide bonds. The summed E-state index contributed by atoms with van der Waals surface area (Å²) in [5, 5.41) is 5.37. The third-order valence-corrected chi connectivity index (χ3v) is 18.6. The average molecular weight is 931 g/mol. The molecule has 342 valence electrons. The van der Waals surface area contributed by atoms with Crippen LogP contribution >= 0.6 is 0 Å². The predicted octanol–water partition coefficient (Wildman–Crippen LogP) is 4.78. The molecule has 2 aliphatic heterocycles. The molecule has 2 aromatic heterocycles. The Bertz CT molecular complexity index is 2770. The molecule has 2 saturated heterocycles. The number of hydrogen-bond acceptors (Lipinski definition) is 8. The number of carbonyl (C=O) groups excluding carboxylic acids is 2. The van der Waals surface area contributed by atoms with Crippen LogP contribution in [0.4, 0.5) is 22.0 Å². The number of benzene rings is 2. The van der Waals surface area contributed by atoms with E-state index in [9.17, 15) is 39.6 Å². The fraction of sp³-hybridized carbons (Fsp3) is 0.535. The first-order chi connectivity index (χ1) is 30.2. The number of imidazole rings is 2. The quantitative estimate of drug-likeness (QED) is 0.161. The Morgan fingerprint density at radius 1 is 0.750 bits per heavy atom. The first-order valence-electron chi connectivity index (χ1n) is 21.4. The van der Waals surface area contributed by atoms with Crippen molar-refractivity contribution in [3.05, 3.63) is 95.3 Å². The molecule has 4 heterocycles. The van der Waals surface area contributed by atoms with Gasteiger partial charge < -0.3 is 19.8 Å². The third-order valence-electron chi connectivity index (χ3n) is 15.2. The number of nitrogens with one attached hydrogen (secondary N) is 2. The lowest BCUT2D eigenvalue weighted by molar-refractivity contribution is -0.137. The average Bonchev–Trinajstić information content (AvgIpc) is 4.17. The van der Waals surface area contributed by atoms with Crippen molar-refractivity contribution in [1.29, 1.82) is 0 Å². The van der Waals surface area contributed by atoms with Crippen molar-refractivity contribution in [3.8, 4) is 0 Å². The third kappa shape index (κ3) is 7.24. The van der Waals surface area contributed by atoms with Gasteiger partial charge in [0.25, 0.3) is 31.9 Å². The molecule has 4 aromatic rings. The Morgan fingerprint density at radius 2 is 1.27 bits per heavy atom. The van der Waals surface area contributed by atoms with E-state index in [1.165, 1.54) is 56.4 Å². The van der Waals surface area contributed by atoms with Crippen molar-refractivity contribution in [3.63, 3.8) is 0 Å². The van der Waals surface area contributed by atoms with Crippen molar-refractivity contribution in [2.75, 3.05) is 39.3 Å². The second-order valence-electron chi connectivity index (χ2n) is 19.0. The Balaban J connectivity index is 0.835. The van der Waals surface area contributed by atoms with Gasteiger partial charge in [0, 0.05) is 65.8 Å². The van der Waals surface area contributed by atoms with Crippen LogP contribution < -0.4 is 10.6 Å². The Morgan fingerprint density at radius 3 is 1.77 bits per heavy atom. The minimum atomic E-state index is -4.78. The number of hydrogen-bond donors (Lipinski definition) is 2. The van der Waals surface area contributed by atoms with Crippen LogP contribution in [0.15, 0.2) is 71.5 Å². The van der Waals surface area contributed by atoms with Crippen molar-refractivity contribution < 1.29 is 48.4 Å². The number of piperidine rings is 2. The Hall–Kier alpha value is -4.73. The van der Waals surface area contributed by atoms with E-state index in [1.54, 1.807) is 18.7 Å². The first-order valence-corrected chi connectivity index (χ1v) is 24.3. The highest BCUT2D eigenvalue weighted by molar-refractivity contribution is 7.89. The number of halogens is 5. The minimum Gasteiger partial charge on any atom is -0.351 e. The molecule has 4 aliphatic carbocycles. The first kappa shape index (κ1) is 43.2. The van der Waals surface area contributed by atoms with Gasteiger partial charge in [-0.2, -0.15) is 21.8 Å². The SMILES string of the molecule is Cn1cnc(S(=O)(=O)N2CC3C(C2)C3(CNC(=O)c2c(F)ccc(C3CC3CC3(CNC(=O)c4ccccc4C(F)(F)F)C4CN(S(=O)(=O)c5cn(C)cn5)CC43)c2F)CC2CC2)c1. The summed E-state index contributed by atoms with van der Waals surface area (Å²) in [7, 11) is -4.43. The van der Waals surface area contributed by atoms with Gasteiger partial charge in [-0.25, -0.2) is 35.6 Å². The number of carbonyl (C=O) groups is 2. The van der Waals surface area contributed by atoms with E-state index in [-0.39, 0.29) is 84.5 Å². The van der Waals surface area contributed by atoms with Gasteiger partial charge in [-0.1, -0.05) is 31.0 Å². The molecule has 6 aliphatic rings. The van der Waals surface area contributed by atoms with E-state index in [4.69, 9.17) is 0 Å². The molecule has 21 heteroatoms. The van der Waals surface area contributed by atoms with Gasteiger partial charge in [0.1, 0.15) is 17.2 Å². The molecular weight excluding hydrogens is 884 g/mol. The summed E-state index contributed by atoms with van der Waals surface area (Å²) in [6.07, 6.45) is 4.53. The fourth-order valence-electron chi connectivity index (χ4n) is 11.4. The molecular formula is C43H47F5N8O6S2. The zero-order chi connectivity index (χ0) is 45.3. The van der Waals surface area contributed by atoms with Gasteiger partial charge in [-0.15, -0.1) is 0 Å². The molecule has 0 radical (unpaired) electrons. The lowest BCUT2D eigenvalue weighted by Crippen LogP contribution is -2.39. The molecule has 2 aromatic carbocycles. The van der Waals surface area contributed by atoms with Gasteiger partial charge >= 0.3 is 6.18 Å². The van der Waals surface area contributed by atoms with Crippen LogP contribution in [0.25, 0.3) is 0 Å². The summed E-state index contributed by atoms with van der Waals surface area (Å²) in [6, 6.07) is 6.83. The number of sulfonamides is 2. The monoisotopic (exact) mass is 930 g/mol. The number of rotatable bonds is 15. The van der Waals surface area contributed by atoms with Crippen molar-refractivity contribution in [1.82, 2.24) is 38.3 Å². The van der Waals surface area contributed by atoms with Crippen LogP contribution in [0.2, 0.25) is 0 Å². The molecule has 6 atom stereocenters. The smallest absolute Gasteiger partial charge is 0.351 e. The van der Waals surface area contributed by atoms with Gasteiger partial charge in [0.2, 0.25) is 0 Å². The van der Waals surface area contributed by atoms with Crippen molar-refractivity contribution >= 4 is 31.9 Å². The van der Waals surface area contributed by atoms with Crippen LogP contribution in [0.5, 0.6) is 0 Å². The fourth-order valence-corrected chi connectivity index (χ4v) is 14.4. The lowest BCUT2D eigenvalue weighted by Gasteiger charge is -2.27. The second-order valence-corrected chi connectivity index (χ2v) is 22.7. The Labute approximate surface area is 366 Å². The summed E-state index contributed by atoms with van der Waals surface area (Å²) in [5.74, 6) is -4.63. The molecule has 6 fully saturated rings. The summed E-state index contributed by atoms with van der Waals surface area (Å²) in [6.45, 7) is 0.797. The van der Waals surface area contributed by atoms with Crippen LogP contribution in [-0.4, -0.2) is 95.6 Å². The van der Waals surface area contributed by atoms with Crippen LogP contribution in [0.1, 0.15) is 69.9 Å². The van der Waals surface area contributed by atoms with E-state index in [0.29, 0.717) is 18.8 Å². The van der Waals surface area contributed by atoms with Crippen molar-refractivity contribution in [2.45, 2.75) is 54.3 Å². The lowest BCUT2D eigenvalue weighted by atomic mass is 9.90. The topological polar surface area (TPSA) is 169 Å². The van der Waals surface area contributed by atoms with E-state index in [2.05, 4.69) is 20.6 Å². The summed E-state index contributed by atoms with van der Waals surface area (Å²) < 4.78 is 133. The minimum absolute atomic E-state index is 0.0271. The molecule has 6 unspecified atom stereocenters. The summed E-state index contributed by atoms with van der Waals surface area (Å²) >= 11 is 0. The number of fused-ring (bicyclic) bond motifs is 2. The maximum atomic E-state index is 16.5. The highest BCUT2D eigenvalue weighted by Crippen LogP contribution is 2.70. The summed E-state index contributed by atoms with van der Waals surface area (Å²) in [5.41, 5.74) is -3.31. The van der Waals surface area contributed by atoms with E-state index < -0.39 is 83.1 Å². The van der Waals surface area contributed by atoms with E-state index in [0.717, 1.165) is 37.5 Å². The molecule has 14 nitrogen and oxygen atoms in total. The van der Waals surface area contributed by atoms with Crippen LogP contribution in [0, 0.1) is 58.0 Å². The highest BCUT2D eigenvalue weighted by atomic mass is 32.2. The largest absolute Gasteiger partial charge is 0.417 e. The molecule has 4 saturated carbocycles. The molecule has 10 rings (SSSR count). The molecule has 0 spiro atoms. The Kier molecular flexibility index (Phi) is 10.0. The number of aromatic nitrogens is 4. The van der Waals surface area contributed by atoms with Gasteiger partial charge in [0.05, 0.1) is 23.8 Å². The maximum Gasteiger partial charge on any atom is 0.417 e. The highest BCUT2D eigenvalue weighted by Gasteiger charge is 2.71. The second kappa shape index (κ2) is 14.9. The maximum absolute atomic E-state index is 16.5. The van der Waals surface area contributed by atoms with Gasteiger partial charge in [-0.3, -0.25) is 9.59 Å². The standard InChI is InChI=1S/C43H47F5N8O6S2/c1-53-18-35(51-22-53)63(59,60)55-14-30-31(15-55)41(30,12-24-7-8-24)20-50-40(58)37-34(44)10-9-26(38(37)45)28-11-25(28)13-42(21-49-39(57)27-5-3-4-6-29(27)43(46,47)48)32-16-56(17-33(32)42)64(61,62)36-19-54(2)23-52-36/h3-6,9-10,18-19,22-25,28,30-33H,7-8,11-17,20-21H2,1-2H3,(H,49,57)(H,50,58). The number of amides is 2. The van der Waals surface area contributed by atoms with E-state index in [1.807, 2.05) is 0 Å².